The molecule has 0 bridgehead atoms. The molecule has 1 aromatic carbocycles. The van der Waals surface area contributed by atoms with Crippen molar-refractivity contribution < 1.29 is 10.1 Å². The fraction of sp³-hybridized carbons (Fsp3) is 0.533. The third kappa shape index (κ3) is 4.37. The van der Waals surface area contributed by atoms with Gasteiger partial charge in [0, 0.05) is 10.9 Å². The van der Waals surface area contributed by atoms with E-state index in [-0.39, 0.29) is 5.91 Å². The molecule has 20 heavy (non-hydrogen) atoms. The Kier molecular flexibility index (Phi) is 5.70. The lowest BCUT2D eigenvalue weighted by atomic mass is 9.86. The number of quaternary nitrogens is 1. The van der Waals surface area contributed by atoms with Crippen molar-refractivity contribution in [2.75, 3.05) is 11.9 Å². The molecule has 1 saturated carbocycles. The van der Waals surface area contributed by atoms with Crippen molar-refractivity contribution in [3.8, 4) is 0 Å². The van der Waals surface area contributed by atoms with Crippen molar-refractivity contribution in [3.05, 3.63) is 28.2 Å². The molecule has 2 atom stereocenters. The van der Waals surface area contributed by atoms with E-state index < -0.39 is 0 Å². The van der Waals surface area contributed by atoms with Crippen molar-refractivity contribution >= 4 is 34.8 Å². The first-order valence-electron chi connectivity index (χ1n) is 7.14. The number of hydrogen-bond donors (Lipinski definition) is 2. The molecule has 2 rings (SSSR count). The molecule has 0 heterocycles. The van der Waals surface area contributed by atoms with Crippen LogP contribution in [0, 0.1) is 5.92 Å². The summed E-state index contributed by atoms with van der Waals surface area (Å²) in [5.41, 5.74) is 0.578. The van der Waals surface area contributed by atoms with E-state index in [2.05, 4.69) is 17.6 Å². The second kappa shape index (κ2) is 7.30. The summed E-state index contributed by atoms with van der Waals surface area (Å²) in [6.07, 6.45) is 5.05. The molecule has 5 heteroatoms. The number of nitrogens with two attached hydrogens (primary N) is 1. The van der Waals surface area contributed by atoms with Gasteiger partial charge in [0.25, 0.3) is 5.91 Å². The molecule has 1 aliphatic carbocycles. The molecule has 3 N–H and O–H groups in total. The lowest BCUT2D eigenvalue weighted by molar-refractivity contribution is -0.687. The van der Waals surface area contributed by atoms with E-state index in [4.69, 9.17) is 23.2 Å². The van der Waals surface area contributed by atoms with Crippen molar-refractivity contribution in [2.45, 2.75) is 38.6 Å². The van der Waals surface area contributed by atoms with Gasteiger partial charge in [0.05, 0.1) is 16.8 Å². The molecule has 0 aliphatic heterocycles. The Labute approximate surface area is 130 Å². The molecule has 110 valence electrons. The molecule has 3 nitrogen and oxygen atoms in total. The molecule has 0 unspecified atom stereocenters. The van der Waals surface area contributed by atoms with Gasteiger partial charge in [-0.25, -0.2) is 0 Å². The molecule has 1 aliphatic rings. The van der Waals surface area contributed by atoms with Crippen LogP contribution in [0.25, 0.3) is 0 Å². The van der Waals surface area contributed by atoms with Gasteiger partial charge in [-0.05, 0) is 37.5 Å². The van der Waals surface area contributed by atoms with Crippen molar-refractivity contribution in [3.63, 3.8) is 0 Å². The summed E-state index contributed by atoms with van der Waals surface area (Å²) in [7, 11) is 0. The smallest absolute Gasteiger partial charge is 0.279 e. The average Bonchev–Trinajstić information content (AvgIpc) is 2.42. The Morgan fingerprint density at radius 1 is 1.35 bits per heavy atom. The maximum Gasteiger partial charge on any atom is 0.279 e. The number of nitrogens with one attached hydrogen (secondary N) is 1. The normalized spacial score (nSPS) is 22.6. The van der Waals surface area contributed by atoms with Crippen LogP contribution in [-0.2, 0) is 4.79 Å². The Morgan fingerprint density at radius 3 is 2.85 bits per heavy atom. The average molecular weight is 316 g/mol. The topological polar surface area (TPSA) is 45.7 Å². The highest BCUT2D eigenvalue weighted by Gasteiger charge is 2.24. The fourth-order valence-electron chi connectivity index (χ4n) is 2.75. The van der Waals surface area contributed by atoms with Crippen LogP contribution in [0.3, 0.4) is 0 Å². The number of carbonyl (C=O) groups is 1. The van der Waals surface area contributed by atoms with Crippen LogP contribution < -0.4 is 10.6 Å². The predicted octanol–water partition coefficient (Wildman–Crippen LogP) is 3.07. The number of benzene rings is 1. The first-order valence-corrected chi connectivity index (χ1v) is 7.90. The molecule has 0 spiro atoms. The number of halogens is 2. The lowest BCUT2D eigenvalue weighted by Gasteiger charge is -2.26. The standard InChI is InChI=1S/C15H20Cl2N2O/c1-10-4-2-3-5-13(10)18-9-15(20)19-14-8-11(16)6-7-12(14)17/h6-8,10,13,18H,2-5,9H2,1H3,(H,19,20)/p+1/t10-,13+/m0/s1. The minimum absolute atomic E-state index is 0.0352. The summed E-state index contributed by atoms with van der Waals surface area (Å²) in [6, 6.07) is 5.62. The van der Waals surface area contributed by atoms with Gasteiger partial charge >= 0.3 is 0 Å². The van der Waals surface area contributed by atoms with E-state index in [1.54, 1.807) is 18.2 Å². The first-order chi connectivity index (χ1) is 9.56. The zero-order valence-electron chi connectivity index (χ0n) is 11.7. The van der Waals surface area contributed by atoms with Gasteiger partial charge in [0.15, 0.2) is 6.54 Å². The van der Waals surface area contributed by atoms with Crippen LogP contribution in [-0.4, -0.2) is 18.5 Å². The molecular weight excluding hydrogens is 295 g/mol. The monoisotopic (exact) mass is 315 g/mol. The largest absolute Gasteiger partial charge is 0.336 e. The molecule has 0 aromatic heterocycles. The maximum absolute atomic E-state index is 12.0. The summed E-state index contributed by atoms with van der Waals surface area (Å²) in [5, 5.41) is 6.04. The van der Waals surface area contributed by atoms with Gasteiger partial charge in [-0.3, -0.25) is 4.79 Å². The molecule has 0 saturated heterocycles. The number of rotatable bonds is 4. The lowest BCUT2D eigenvalue weighted by Crippen LogP contribution is -2.93. The Bertz CT molecular complexity index is 479. The molecule has 1 amide bonds. The maximum atomic E-state index is 12.0. The van der Waals surface area contributed by atoms with Crippen molar-refractivity contribution in [1.29, 1.82) is 0 Å². The second-order valence-electron chi connectivity index (χ2n) is 5.54. The van der Waals surface area contributed by atoms with E-state index in [9.17, 15) is 4.79 Å². The van der Waals surface area contributed by atoms with Crippen LogP contribution in [0.4, 0.5) is 5.69 Å². The molecule has 0 radical (unpaired) electrons. The van der Waals surface area contributed by atoms with E-state index in [1.807, 2.05) is 0 Å². The van der Waals surface area contributed by atoms with E-state index in [0.29, 0.717) is 34.2 Å². The molecule has 1 aromatic rings. The summed E-state index contributed by atoms with van der Waals surface area (Å²) >= 11 is 11.9. The van der Waals surface area contributed by atoms with E-state index in [0.717, 1.165) is 0 Å². The second-order valence-corrected chi connectivity index (χ2v) is 6.38. The van der Waals surface area contributed by atoms with Crippen LogP contribution in [0.1, 0.15) is 32.6 Å². The minimum atomic E-state index is -0.0352. The minimum Gasteiger partial charge on any atom is -0.336 e. The van der Waals surface area contributed by atoms with Crippen LogP contribution >= 0.6 is 23.2 Å². The summed E-state index contributed by atoms with van der Waals surface area (Å²) in [6.45, 7) is 2.70. The Balaban J connectivity index is 1.84. The predicted molar refractivity (Wildman–Crippen MR) is 83.3 cm³/mol. The van der Waals surface area contributed by atoms with Crippen molar-refractivity contribution in [1.82, 2.24) is 0 Å². The van der Waals surface area contributed by atoms with Gasteiger partial charge in [-0.1, -0.05) is 36.5 Å². The van der Waals surface area contributed by atoms with Gasteiger partial charge < -0.3 is 10.6 Å². The van der Waals surface area contributed by atoms with Crippen molar-refractivity contribution in [2.24, 2.45) is 5.92 Å². The summed E-state index contributed by atoms with van der Waals surface area (Å²) < 4.78 is 0. The number of amides is 1. The number of carbonyl (C=O) groups excluding carboxylic acids is 1. The quantitative estimate of drug-likeness (QED) is 0.881. The first kappa shape index (κ1) is 15.6. The highest BCUT2D eigenvalue weighted by Crippen LogP contribution is 2.25. The zero-order chi connectivity index (χ0) is 14.5. The Hall–Kier alpha value is -0.770. The highest BCUT2D eigenvalue weighted by atomic mass is 35.5. The van der Waals surface area contributed by atoms with E-state index in [1.165, 1.54) is 25.7 Å². The summed E-state index contributed by atoms with van der Waals surface area (Å²) in [5.74, 6) is 0.651. The van der Waals surface area contributed by atoms with E-state index >= 15 is 0 Å². The van der Waals surface area contributed by atoms with Gasteiger partial charge in [-0.2, -0.15) is 0 Å². The van der Waals surface area contributed by atoms with Crippen LogP contribution in [0.5, 0.6) is 0 Å². The third-order valence-electron chi connectivity index (χ3n) is 3.99. The SMILES string of the molecule is C[C@H]1CCCC[C@H]1[NH2+]CC(=O)Nc1cc(Cl)ccc1Cl. The number of hydrogen-bond acceptors (Lipinski definition) is 1. The van der Waals surface area contributed by atoms with Crippen LogP contribution in [0.2, 0.25) is 10.0 Å². The zero-order valence-corrected chi connectivity index (χ0v) is 13.2. The molecular formula is C15H21Cl2N2O+. The van der Waals surface area contributed by atoms with Gasteiger partial charge in [0.2, 0.25) is 0 Å². The van der Waals surface area contributed by atoms with Gasteiger partial charge in [0.1, 0.15) is 0 Å². The highest BCUT2D eigenvalue weighted by molar-refractivity contribution is 6.35. The summed E-state index contributed by atoms with van der Waals surface area (Å²) in [4.78, 5) is 12.0. The third-order valence-corrected chi connectivity index (χ3v) is 4.55. The fourth-order valence-corrected chi connectivity index (χ4v) is 3.08. The van der Waals surface area contributed by atoms with Crippen LogP contribution in [0.15, 0.2) is 18.2 Å². The number of anilines is 1. The Morgan fingerprint density at radius 2 is 2.10 bits per heavy atom. The molecule has 1 fully saturated rings. The van der Waals surface area contributed by atoms with Gasteiger partial charge in [-0.15, -0.1) is 0 Å².